The number of benzene rings is 2. The molecule has 0 amide bonds. The second-order valence-electron chi connectivity index (χ2n) is 6.61. The molecule has 0 bridgehead atoms. The maximum atomic E-state index is 10.2. The topological polar surface area (TPSA) is 38.7 Å². The Kier molecular flexibility index (Phi) is 5.91. The zero-order valence-electron chi connectivity index (χ0n) is 14.4. The van der Waals surface area contributed by atoms with E-state index < -0.39 is 0 Å². The van der Waals surface area contributed by atoms with Crippen molar-refractivity contribution in [1.82, 2.24) is 0 Å². The lowest BCUT2D eigenvalue weighted by atomic mass is 10.0. The van der Waals surface area contributed by atoms with Gasteiger partial charge in [0.05, 0.1) is 13.2 Å². The Morgan fingerprint density at radius 3 is 1.83 bits per heavy atom. The second-order valence-corrected chi connectivity index (χ2v) is 6.61. The molecule has 1 N–H and O–H groups in total. The molecular weight excluding hydrogens is 288 g/mol. The van der Waals surface area contributed by atoms with Gasteiger partial charge < -0.3 is 14.6 Å². The first-order valence-electron chi connectivity index (χ1n) is 8.14. The van der Waals surface area contributed by atoms with E-state index in [2.05, 4.69) is 27.7 Å². The van der Waals surface area contributed by atoms with Crippen LogP contribution in [0.25, 0.3) is 11.1 Å². The van der Waals surface area contributed by atoms with Gasteiger partial charge in [0.1, 0.15) is 17.2 Å². The summed E-state index contributed by atoms with van der Waals surface area (Å²) in [6, 6.07) is 13.2. The van der Waals surface area contributed by atoms with E-state index in [1.165, 1.54) is 0 Å². The first kappa shape index (κ1) is 17.2. The number of ether oxygens (including phenoxy) is 2. The summed E-state index contributed by atoms with van der Waals surface area (Å²) in [6.45, 7) is 9.77. The van der Waals surface area contributed by atoms with E-state index in [0.717, 1.165) is 16.9 Å². The minimum Gasteiger partial charge on any atom is -0.507 e. The van der Waals surface area contributed by atoms with Gasteiger partial charge in [-0.1, -0.05) is 39.8 Å². The van der Waals surface area contributed by atoms with Crippen LogP contribution in [0.1, 0.15) is 27.7 Å². The van der Waals surface area contributed by atoms with E-state index in [4.69, 9.17) is 9.47 Å². The molecule has 0 saturated carbocycles. The molecule has 0 radical (unpaired) electrons. The number of aromatic hydroxyl groups is 1. The third-order valence-corrected chi connectivity index (χ3v) is 3.30. The van der Waals surface area contributed by atoms with Crippen LogP contribution < -0.4 is 9.47 Å². The van der Waals surface area contributed by atoms with Gasteiger partial charge in [0, 0.05) is 11.6 Å². The predicted molar refractivity (Wildman–Crippen MR) is 94.2 cm³/mol. The first-order chi connectivity index (χ1) is 11.0. The third kappa shape index (κ3) is 5.20. The highest BCUT2D eigenvalue weighted by Crippen LogP contribution is 2.33. The molecule has 3 heteroatoms. The Balaban J connectivity index is 2.09. The Morgan fingerprint density at radius 2 is 1.30 bits per heavy atom. The maximum Gasteiger partial charge on any atom is 0.127 e. The molecule has 23 heavy (non-hydrogen) atoms. The highest BCUT2D eigenvalue weighted by molar-refractivity contribution is 5.71. The molecule has 0 fully saturated rings. The fourth-order valence-corrected chi connectivity index (χ4v) is 2.10. The van der Waals surface area contributed by atoms with Gasteiger partial charge in [-0.05, 0) is 41.7 Å². The van der Waals surface area contributed by atoms with Crippen LogP contribution in [-0.4, -0.2) is 18.3 Å². The Bertz CT molecular complexity index is 615. The summed E-state index contributed by atoms with van der Waals surface area (Å²) in [5, 5.41) is 10.2. The van der Waals surface area contributed by atoms with Gasteiger partial charge in [0.2, 0.25) is 0 Å². The van der Waals surface area contributed by atoms with Crippen LogP contribution in [0.15, 0.2) is 42.5 Å². The molecule has 0 aliphatic heterocycles. The number of hydrogen-bond acceptors (Lipinski definition) is 3. The van der Waals surface area contributed by atoms with Crippen molar-refractivity contribution in [3.8, 4) is 28.4 Å². The van der Waals surface area contributed by atoms with Crippen LogP contribution in [0, 0.1) is 11.8 Å². The lowest BCUT2D eigenvalue weighted by Gasteiger charge is -2.12. The van der Waals surface area contributed by atoms with Crippen LogP contribution in [0.4, 0.5) is 0 Å². The summed E-state index contributed by atoms with van der Waals surface area (Å²) >= 11 is 0. The van der Waals surface area contributed by atoms with Gasteiger partial charge in [-0.2, -0.15) is 0 Å². The highest BCUT2D eigenvalue weighted by Gasteiger charge is 2.07. The van der Waals surface area contributed by atoms with Crippen molar-refractivity contribution in [2.24, 2.45) is 11.8 Å². The summed E-state index contributed by atoms with van der Waals surface area (Å²) in [7, 11) is 0. The van der Waals surface area contributed by atoms with Crippen molar-refractivity contribution in [3.63, 3.8) is 0 Å². The van der Waals surface area contributed by atoms with E-state index in [9.17, 15) is 5.11 Å². The average Bonchev–Trinajstić information content (AvgIpc) is 2.51. The molecule has 0 saturated heterocycles. The smallest absolute Gasteiger partial charge is 0.127 e. The average molecular weight is 314 g/mol. The number of rotatable bonds is 7. The zero-order chi connectivity index (χ0) is 16.8. The monoisotopic (exact) mass is 314 g/mol. The normalized spacial score (nSPS) is 11.0. The Labute approximate surface area is 138 Å². The van der Waals surface area contributed by atoms with E-state index >= 15 is 0 Å². The lowest BCUT2D eigenvalue weighted by molar-refractivity contribution is 0.270. The summed E-state index contributed by atoms with van der Waals surface area (Å²) in [6.07, 6.45) is 0. The van der Waals surface area contributed by atoms with Crippen molar-refractivity contribution >= 4 is 0 Å². The van der Waals surface area contributed by atoms with Crippen molar-refractivity contribution < 1.29 is 14.6 Å². The molecule has 0 atom stereocenters. The van der Waals surface area contributed by atoms with Crippen LogP contribution in [0.3, 0.4) is 0 Å². The SMILES string of the molecule is CC(C)COc1ccc(-c2ccc(OCC(C)C)cc2O)cc1. The third-order valence-electron chi connectivity index (χ3n) is 3.30. The van der Waals surface area contributed by atoms with Crippen LogP contribution in [-0.2, 0) is 0 Å². The molecule has 0 spiro atoms. The van der Waals surface area contributed by atoms with Crippen LogP contribution in [0.5, 0.6) is 17.2 Å². The van der Waals surface area contributed by atoms with Gasteiger partial charge >= 0.3 is 0 Å². The summed E-state index contributed by atoms with van der Waals surface area (Å²) < 4.78 is 11.3. The molecular formula is C20H26O3. The van der Waals surface area contributed by atoms with Crippen LogP contribution in [0.2, 0.25) is 0 Å². The quantitative estimate of drug-likeness (QED) is 0.770. The van der Waals surface area contributed by atoms with E-state index in [1.807, 2.05) is 36.4 Å². The molecule has 0 heterocycles. The van der Waals surface area contributed by atoms with E-state index in [-0.39, 0.29) is 5.75 Å². The van der Waals surface area contributed by atoms with E-state index in [1.54, 1.807) is 6.07 Å². The lowest BCUT2D eigenvalue weighted by Crippen LogP contribution is -2.04. The zero-order valence-corrected chi connectivity index (χ0v) is 14.4. The van der Waals surface area contributed by atoms with Gasteiger partial charge in [0.25, 0.3) is 0 Å². The number of phenolic OH excluding ortho intramolecular Hbond substituents is 1. The molecule has 2 rings (SSSR count). The molecule has 0 aliphatic rings. The first-order valence-corrected chi connectivity index (χ1v) is 8.14. The summed E-state index contributed by atoms with van der Waals surface area (Å²) in [4.78, 5) is 0. The molecule has 2 aromatic carbocycles. The minimum absolute atomic E-state index is 0.224. The molecule has 3 nitrogen and oxygen atoms in total. The number of hydrogen-bond donors (Lipinski definition) is 1. The Hall–Kier alpha value is -2.16. The van der Waals surface area contributed by atoms with Gasteiger partial charge in [-0.3, -0.25) is 0 Å². The predicted octanol–water partition coefficient (Wildman–Crippen LogP) is 5.13. The van der Waals surface area contributed by atoms with Crippen molar-refractivity contribution in [2.75, 3.05) is 13.2 Å². The largest absolute Gasteiger partial charge is 0.507 e. The molecule has 2 aromatic rings. The van der Waals surface area contributed by atoms with Crippen molar-refractivity contribution in [3.05, 3.63) is 42.5 Å². The van der Waals surface area contributed by atoms with Crippen molar-refractivity contribution in [1.29, 1.82) is 0 Å². The summed E-state index contributed by atoms with van der Waals surface area (Å²) in [5.74, 6) is 2.71. The Morgan fingerprint density at radius 1 is 0.783 bits per heavy atom. The second kappa shape index (κ2) is 7.91. The van der Waals surface area contributed by atoms with Gasteiger partial charge in [-0.25, -0.2) is 0 Å². The number of phenols is 1. The minimum atomic E-state index is 0.224. The highest BCUT2D eigenvalue weighted by atomic mass is 16.5. The van der Waals surface area contributed by atoms with E-state index in [0.29, 0.717) is 30.8 Å². The van der Waals surface area contributed by atoms with Gasteiger partial charge in [0.15, 0.2) is 0 Å². The molecule has 0 unspecified atom stereocenters. The van der Waals surface area contributed by atoms with Crippen LogP contribution >= 0.6 is 0 Å². The summed E-state index contributed by atoms with van der Waals surface area (Å²) in [5.41, 5.74) is 1.74. The molecule has 0 aliphatic carbocycles. The van der Waals surface area contributed by atoms with Crippen molar-refractivity contribution in [2.45, 2.75) is 27.7 Å². The maximum absolute atomic E-state index is 10.2. The molecule has 124 valence electrons. The fourth-order valence-electron chi connectivity index (χ4n) is 2.10. The van der Waals surface area contributed by atoms with Gasteiger partial charge in [-0.15, -0.1) is 0 Å². The fraction of sp³-hybridized carbons (Fsp3) is 0.400. The standard InChI is InChI=1S/C20H26O3/c1-14(2)12-22-17-7-5-16(6-8-17)19-10-9-18(11-20(19)21)23-13-15(3)4/h5-11,14-15,21H,12-13H2,1-4H3. The molecule has 0 aromatic heterocycles.